The highest BCUT2D eigenvalue weighted by Crippen LogP contribution is 2.54. The van der Waals surface area contributed by atoms with Crippen LogP contribution < -0.4 is 0 Å². The van der Waals surface area contributed by atoms with Gasteiger partial charge < -0.3 is 24.4 Å². The number of aliphatic hydroxyl groups excluding tert-OH is 2. The van der Waals surface area contributed by atoms with Crippen LogP contribution in [0.1, 0.15) is 27.8 Å². The number of phosphoric ester groups is 1. The van der Waals surface area contributed by atoms with Gasteiger partial charge in [0.2, 0.25) is 0 Å². The number of hydrogen-bond acceptors (Lipinski definition) is 9. The molecule has 0 heterocycles. The van der Waals surface area contributed by atoms with Gasteiger partial charge in [-0.1, -0.05) is 152 Å². The molecule has 2 N–H and O–H groups in total. The fourth-order valence-corrected chi connectivity index (χ4v) is 7.21. The molecule has 5 aromatic rings. The van der Waals surface area contributed by atoms with Gasteiger partial charge in [-0.05, 0) is 27.8 Å². The average Bonchev–Trinajstić information content (AvgIpc) is 3.18. The monoisotopic (exact) mass is 710 g/mol. The van der Waals surface area contributed by atoms with Gasteiger partial charge in [-0.15, -0.1) is 0 Å². The van der Waals surface area contributed by atoms with Gasteiger partial charge in [-0.3, -0.25) is 13.6 Å². The van der Waals surface area contributed by atoms with Crippen molar-refractivity contribution in [1.29, 1.82) is 0 Å². The molecule has 1 saturated carbocycles. The molecule has 0 amide bonds. The second kappa shape index (κ2) is 18.5. The molecule has 5 aromatic carbocycles. The first kappa shape index (κ1) is 36.8. The van der Waals surface area contributed by atoms with Crippen molar-refractivity contribution in [2.24, 2.45) is 0 Å². The Balaban J connectivity index is 1.33. The molecule has 266 valence electrons. The van der Waals surface area contributed by atoms with Crippen LogP contribution in [0.25, 0.3) is 0 Å². The third-order valence-electron chi connectivity index (χ3n) is 8.56. The number of rotatable bonds is 17. The summed E-state index contributed by atoms with van der Waals surface area (Å²) in [4.78, 5) is 0. The van der Waals surface area contributed by atoms with E-state index in [4.69, 9.17) is 27.8 Å². The molecule has 0 saturated heterocycles. The van der Waals surface area contributed by atoms with Crippen LogP contribution in [0, 0.1) is 0 Å². The van der Waals surface area contributed by atoms with Crippen LogP contribution >= 0.6 is 7.82 Å². The highest BCUT2D eigenvalue weighted by atomic mass is 31.2. The van der Waals surface area contributed by atoms with Crippen LogP contribution in [0.2, 0.25) is 0 Å². The van der Waals surface area contributed by atoms with Gasteiger partial charge >= 0.3 is 7.82 Å². The maximum absolute atomic E-state index is 14.7. The van der Waals surface area contributed by atoms with Crippen molar-refractivity contribution in [3.8, 4) is 0 Å². The fraction of sp³-hybridized carbons (Fsp3) is 0.268. The minimum Gasteiger partial charge on any atom is -0.387 e. The maximum Gasteiger partial charge on any atom is 0.475 e. The van der Waals surface area contributed by atoms with Crippen LogP contribution in [-0.2, 0) is 65.4 Å². The highest BCUT2D eigenvalue weighted by molar-refractivity contribution is 7.48. The summed E-state index contributed by atoms with van der Waals surface area (Å²) in [5.41, 5.74) is 4.02. The smallest absolute Gasteiger partial charge is 0.387 e. The van der Waals surface area contributed by atoms with E-state index in [2.05, 4.69) is 0 Å². The fourth-order valence-electron chi connectivity index (χ4n) is 5.86. The molecule has 2 unspecified atom stereocenters. The normalized spacial score (nSPS) is 22.1. The largest absolute Gasteiger partial charge is 0.475 e. The van der Waals surface area contributed by atoms with Gasteiger partial charge in [0.15, 0.2) is 0 Å². The first-order valence-electron chi connectivity index (χ1n) is 17.0. The van der Waals surface area contributed by atoms with Gasteiger partial charge in [0.25, 0.3) is 0 Å². The van der Waals surface area contributed by atoms with E-state index in [0.717, 1.165) is 27.8 Å². The first-order chi connectivity index (χ1) is 25.0. The first-order valence-corrected chi connectivity index (χ1v) is 18.4. The summed E-state index contributed by atoms with van der Waals surface area (Å²) in [7, 11) is -4.44. The molecule has 0 bridgehead atoms. The van der Waals surface area contributed by atoms with E-state index in [1.165, 1.54) is 0 Å². The molecule has 0 radical (unpaired) electrons. The van der Waals surface area contributed by atoms with E-state index >= 15 is 0 Å². The zero-order chi connectivity index (χ0) is 35.3. The standard InChI is InChI=1S/C41H43O9P/c42-36-38(45-26-31-16-6-1-7-17-31)37(43)40(47-28-33-20-10-3-11-21-33)41(39(36)46-27-32-18-8-2-9-19-32)50-51(44,48-29-34-22-12-4-13-23-34)49-30-35-24-14-5-15-25-35/h1-25,36-43H,26-30H2/t36-,37+,38?,39-,40-,41?/m0/s1. The third kappa shape index (κ3) is 10.5. The van der Waals surface area contributed by atoms with Crippen molar-refractivity contribution in [2.45, 2.75) is 69.7 Å². The van der Waals surface area contributed by atoms with E-state index < -0.39 is 44.4 Å². The lowest BCUT2D eigenvalue weighted by Gasteiger charge is -2.47. The molecule has 9 nitrogen and oxygen atoms in total. The Labute approximate surface area is 298 Å². The number of phosphoric acid groups is 1. The quantitative estimate of drug-likeness (QED) is 0.0954. The molecular formula is C41H43O9P. The summed E-state index contributed by atoms with van der Waals surface area (Å²) >= 11 is 0. The molecule has 10 heteroatoms. The molecule has 0 aliphatic heterocycles. The molecule has 6 rings (SSSR count). The molecule has 6 atom stereocenters. The van der Waals surface area contributed by atoms with E-state index in [0.29, 0.717) is 0 Å². The lowest BCUT2D eigenvalue weighted by atomic mass is 9.84. The second-order valence-electron chi connectivity index (χ2n) is 12.3. The lowest BCUT2D eigenvalue weighted by Crippen LogP contribution is -2.66. The summed E-state index contributed by atoms with van der Waals surface area (Å²) in [6, 6.07) is 46.8. The summed E-state index contributed by atoms with van der Waals surface area (Å²) in [5, 5.41) is 23.8. The summed E-state index contributed by atoms with van der Waals surface area (Å²) in [5.74, 6) is 0. The van der Waals surface area contributed by atoms with Crippen molar-refractivity contribution in [2.75, 3.05) is 0 Å². The van der Waals surface area contributed by atoms with Gasteiger partial charge in [0.05, 0.1) is 33.0 Å². The molecule has 1 aliphatic rings. The van der Waals surface area contributed by atoms with Gasteiger partial charge in [-0.2, -0.15) is 0 Å². The van der Waals surface area contributed by atoms with Gasteiger partial charge in [0.1, 0.15) is 36.6 Å². The molecule has 0 spiro atoms. The topological polar surface area (TPSA) is 113 Å². The zero-order valence-corrected chi connectivity index (χ0v) is 29.0. The Hall–Kier alpha value is -3.99. The number of benzene rings is 5. The predicted molar refractivity (Wildman–Crippen MR) is 192 cm³/mol. The van der Waals surface area contributed by atoms with Crippen molar-refractivity contribution < 1.29 is 42.6 Å². The van der Waals surface area contributed by atoms with Crippen LogP contribution in [0.4, 0.5) is 0 Å². The zero-order valence-electron chi connectivity index (χ0n) is 28.1. The van der Waals surface area contributed by atoms with Gasteiger partial charge in [-0.25, -0.2) is 4.57 Å². The molecular weight excluding hydrogens is 667 g/mol. The predicted octanol–water partition coefficient (Wildman–Crippen LogP) is 7.40. The third-order valence-corrected chi connectivity index (χ3v) is 9.96. The summed E-state index contributed by atoms with van der Waals surface area (Å²) < 4.78 is 52.0. The van der Waals surface area contributed by atoms with Crippen molar-refractivity contribution >= 4 is 7.82 Å². The summed E-state index contributed by atoms with van der Waals surface area (Å²) in [6.07, 6.45) is -7.71. The van der Waals surface area contributed by atoms with E-state index in [-0.39, 0.29) is 33.0 Å². The second-order valence-corrected chi connectivity index (χ2v) is 13.9. The van der Waals surface area contributed by atoms with Crippen molar-refractivity contribution in [1.82, 2.24) is 0 Å². The SMILES string of the molecule is O=P(OCc1ccccc1)(OCc1ccccc1)OC1[C@@H](OCc2ccccc2)[C@H](O)C(OCc2ccccc2)[C@H](O)[C@@H]1OCc1ccccc1. The lowest BCUT2D eigenvalue weighted by molar-refractivity contribution is -0.259. The minimum atomic E-state index is -4.44. The Bertz CT molecular complexity index is 1660. The Morgan fingerprint density at radius 2 is 0.667 bits per heavy atom. The molecule has 0 aromatic heterocycles. The van der Waals surface area contributed by atoms with Gasteiger partial charge in [0, 0.05) is 0 Å². The van der Waals surface area contributed by atoms with E-state index in [1.54, 1.807) is 0 Å². The molecule has 1 fully saturated rings. The Morgan fingerprint density at radius 3 is 0.980 bits per heavy atom. The van der Waals surface area contributed by atoms with Crippen LogP contribution in [-0.4, -0.2) is 46.8 Å². The van der Waals surface area contributed by atoms with Crippen molar-refractivity contribution in [3.05, 3.63) is 179 Å². The van der Waals surface area contributed by atoms with E-state index in [9.17, 15) is 14.8 Å². The maximum atomic E-state index is 14.7. The Morgan fingerprint density at radius 1 is 0.392 bits per heavy atom. The molecule has 51 heavy (non-hydrogen) atoms. The summed E-state index contributed by atoms with van der Waals surface area (Å²) in [6.45, 7) is 0.100. The molecule has 1 aliphatic carbocycles. The number of aliphatic hydroxyl groups is 2. The van der Waals surface area contributed by atoms with Crippen molar-refractivity contribution in [3.63, 3.8) is 0 Å². The van der Waals surface area contributed by atoms with Crippen LogP contribution in [0.15, 0.2) is 152 Å². The van der Waals surface area contributed by atoms with Crippen LogP contribution in [0.3, 0.4) is 0 Å². The number of ether oxygens (including phenoxy) is 3. The van der Waals surface area contributed by atoms with Crippen LogP contribution in [0.5, 0.6) is 0 Å². The van der Waals surface area contributed by atoms with E-state index in [1.807, 2.05) is 152 Å². The number of hydrogen-bond donors (Lipinski definition) is 2. The highest BCUT2D eigenvalue weighted by Gasteiger charge is 2.55. The average molecular weight is 711 g/mol. The Kier molecular flexibility index (Phi) is 13.3. The minimum absolute atomic E-state index is 0.0787.